The van der Waals surface area contributed by atoms with Crippen LogP contribution in [0.25, 0.3) is 11.3 Å². The van der Waals surface area contributed by atoms with Gasteiger partial charge in [-0.25, -0.2) is 9.37 Å². The van der Waals surface area contributed by atoms with Gasteiger partial charge in [0.15, 0.2) is 5.13 Å². The second-order valence-electron chi connectivity index (χ2n) is 3.19. The molecule has 0 amide bonds. The summed E-state index contributed by atoms with van der Waals surface area (Å²) in [6.45, 7) is 4.27. The van der Waals surface area contributed by atoms with Gasteiger partial charge < -0.3 is 5.32 Å². The number of benzene rings is 1. The van der Waals surface area contributed by atoms with Crippen LogP contribution >= 0.6 is 11.3 Å². The quantitative estimate of drug-likeness (QED) is 0.818. The smallest absolute Gasteiger partial charge is 0.183 e. The molecule has 2 nitrogen and oxygen atoms in total. The number of hydrogen-bond acceptors (Lipinski definition) is 3. The fraction of sp³-hybridized carbons (Fsp3) is 0.0833. The molecule has 0 saturated heterocycles. The van der Waals surface area contributed by atoms with Gasteiger partial charge in [-0.1, -0.05) is 18.2 Å². The van der Waals surface area contributed by atoms with Crippen molar-refractivity contribution < 1.29 is 4.39 Å². The number of hydrogen-bond donors (Lipinski definition) is 1. The molecule has 0 atom stereocenters. The fourth-order valence-electron chi connectivity index (χ4n) is 1.31. The van der Waals surface area contributed by atoms with E-state index in [-0.39, 0.29) is 5.82 Å². The summed E-state index contributed by atoms with van der Waals surface area (Å²) in [7, 11) is 0. The highest BCUT2D eigenvalue weighted by Gasteiger charge is 2.07. The maximum Gasteiger partial charge on any atom is 0.183 e. The molecular weight excluding hydrogens is 223 g/mol. The summed E-state index contributed by atoms with van der Waals surface area (Å²) in [4.78, 5) is 4.30. The van der Waals surface area contributed by atoms with Crippen molar-refractivity contribution in [1.29, 1.82) is 0 Å². The molecule has 2 aromatic rings. The van der Waals surface area contributed by atoms with Gasteiger partial charge in [0.05, 0.1) is 5.69 Å². The second-order valence-corrected chi connectivity index (χ2v) is 4.05. The van der Waals surface area contributed by atoms with Crippen molar-refractivity contribution in [2.45, 2.75) is 0 Å². The van der Waals surface area contributed by atoms with E-state index in [1.807, 2.05) is 5.38 Å². The summed E-state index contributed by atoms with van der Waals surface area (Å²) in [6, 6.07) is 6.63. The molecular formula is C12H11FN2S. The van der Waals surface area contributed by atoms with Crippen molar-refractivity contribution in [3.63, 3.8) is 0 Å². The molecule has 1 heterocycles. The average molecular weight is 234 g/mol. The van der Waals surface area contributed by atoms with Crippen molar-refractivity contribution in [3.05, 3.63) is 48.1 Å². The molecule has 0 bridgehead atoms. The molecule has 0 saturated carbocycles. The number of anilines is 1. The molecule has 0 spiro atoms. The lowest BCUT2D eigenvalue weighted by Gasteiger charge is -1.98. The zero-order valence-electron chi connectivity index (χ0n) is 8.61. The Morgan fingerprint density at radius 2 is 2.25 bits per heavy atom. The highest BCUT2D eigenvalue weighted by molar-refractivity contribution is 7.14. The summed E-state index contributed by atoms with van der Waals surface area (Å²) in [6.07, 6.45) is 1.75. The maximum atomic E-state index is 13.5. The van der Waals surface area contributed by atoms with Crippen LogP contribution in [0.5, 0.6) is 0 Å². The zero-order valence-corrected chi connectivity index (χ0v) is 9.43. The molecule has 0 aliphatic rings. The first-order valence-electron chi connectivity index (χ1n) is 4.86. The molecule has 1 aromatic heterocycles. The molecule has 0 aliphatic heterocycles. The third-order valence-corrected chi connectivity index (χ3v) is 2.85. The van der Waals surface area contributed by atoms with Gasteiger partial charge in [0.1, 0.15) is 5.82 Å². The predicted molar refractivity (Wildman–Crippen MR) is 66.2 cm³/mol. The first-order valence-corrected chi connectivity index (χ1v) is 5.74. The minimum absolute atomic E-state index is 0.247. The van der Waals surface area contributed by atoms with Crippen LogP contribution in [0, 0.1) is 5.82 Å². The Kier molecular flexibility index (Phi) is 3.31. The van der Waals surface area contributed by atoms with E-state index in [0.29, 0.717) is 17.8 Å². The Balaban J connectivity index is 2.25. The Hall–Kier alpha value is -1.68. The van der Waals surface area contributed by atoms with Crippen LogP contribution in [0.4, 0.5) is 9.52 Å². The predicted octanol–water partition coefficient (Wildman–Crippen LogP) is 3.55. The highest BCUT2D eigenvalue weighted by Crippen LogP contribution is 2.26. The maximum absolute atomic E-state index is 13.5. The first-order chi connectivity index (χ1) is 7.81. The van der Waals surface area contributed by atoms with Crippen LogP contribution < -0.4 is 5.32 Å². The van der Waals surface area contributed by atoms with E-state index in [1.54, 1.807) is 24.3 Å². The normalized spacial score (nSPS) is 10.1. The number of halogens is 1. The highest BCUT2D eigenvalue weighted by atomic mass is 32.1. The molecule has 16 heavy (non-hydrogen) atoms. The number of rotatable bonds is 4. The van der Waals surface area contributed by atoms with Gasteiger partial charge in [-0.15, -0.1) is 17.9 Å². The van der Waals surface area contributed by atoms with Crippen LogP contribution in [-0.2, 0) is 0 Å². The molecule has 0 unspecified atom stereocenters. The third-order valence-electron chi connectivity index (χ3n) is 2.05. The second kappa shape index (κ2) is 4.90. The average Bonchev–Trinajstić information content (AvgIpc) is 2.75. The monoisotopic (exact) mass is 234 g/mol. The van der Waals surface area contributed by atoms with Crippen molar-refractivity contribution in [1.82, 2.24) is 4.98 Å². The van der Waals surface area contributed by atoms with Crippen molar-refractivity contribution >= 4 is 16.5 Å². The van der Waals surface area contributed by atoms with E-state index in [1.165, 1.54) is 17.4 Å². The van der Waals surface area contributed by atoms with E-state index >= 15 is 0 Å². The molecule has 4 heteroatoms. The van der Waals surface area contributed by atoms with Crippen LogP contribution in [0.3, 0.4) is 0 Å². The minimum Gasteiger partial charge on any atom is -0.358 e. The zero-order chi connectivity index (χ0) is 11.4. The van der Waals surface area contributed by atoms with Gasteiger partial charge in [-0.05, 0) is 12.1 Å². The summed E-state index contributed by atoms with van der Waals surface area (Å²) in [5, 5.41) is 5.68. The topological polar surface area (TPSA) is 24.9 Å². The Morgan fingerprint density at radius 1 is 1.44 bits per heavy atom. The standard InChI is InChI=1S/C12H11FN2S/c1-2-7-14-12-15-11(8-16-12)9-5-3-4-6-10(9)13/h2-6,8H,1,7H2,(H,14,15). The van der Waals surface area contributed by atoms with Crippen LogP contribution in [0.15, 0.2) is 42.3 Å². The van der Waals surface area contributed by atoms with Gasteiger partial charge in [-0.2, -0.15) is 0 Å². The fourth-order valence-corrected chi connectivity index (χ4v) is 2.03. The molecule has 0 aliphatic carbocycles. The summed E-state index contributed by atoms with van der Waals surface area (Å²) in [5.74, 6) is -0.247. The van der Waals surface area contributed by atoms with Gasteiger partial charge in [-0.3, -0.25) is 0 Å². The molecule has 0 radical (unpaired) electrons. The van der Waals surface area contributed by atoms with Gasteiger partial charge in [0.2, 0.25) is 0 Å². The SMILES string of the molecule is C=CCNc1nc(-c2ccccc2F)cs1. The summed E-state index contributed by atoms with van der Waals surface area (Å²) >= 11 is 1.46. The molecule has 1 N–H and O–H groups in total. The van der Waals surface area contributed by atoms with Crippen LogP contribution in [0.2, 0.25) is 0 Å². The van der Waals surface area contributed by atoms with E-state index in [9.17, 15) is 4.39 Å². The van der Waals surface area contributed by atoms with E-state index in [2.05, 4.69) is 16.9 Å². The Labute approximate surface area is 97.5 Å². The lowest BCUT2D eigenvalue weighted by atomic mass is 10.2. The van der Waals surface area contributed by atoms with Gasteiger partial charge >= 0.3 is 0 Å². The van der Waals surface area contributed by atoms with Gasteiger partial charge in [0, 0.05) is 17.5 Å². The van der Waals surface area contributed by atoms with E-state index < -0.39 is 0 Å². The number of nitrogens with one attached hydrogen (secondary N) is 1. The minimum atomic E-state index is -0.247. The molecule has 0 fully saturated rings. The van der Waals surface area contributed by atoms with E-state index in [4.69, 9.17) is 0 Å². The molecule has 2 rings (SSSR count). The van der Waals surface area contributed by atoms with E-state index in [0.717, 1.165) is 5.13 Å². The summed E-state index contributed by atoms with van der Waals surface area (Å²) < 4.78 is 13.5. The van der Waals surface area contributed by atoms with Crippen molar-refractivity contribution in [3.8, 4) is 11.3 Å². The van der Waals surface area contributed by atoms with Crippen LogP contribution in [0.1, 0.15) is 0 Å². The number of nitrogens with zero attached hydrogens (tertiary/aromatic N) is 1. The number of aromatic nitrogens is 1. The lowest BCUT2D eigenvalue weighted by Crippen LogP contribution is -1.96. The Bertz CT molecular complexity index is 493. The first kappa shape index (κ1) is 10.8. The van der Waals surface area contributed by atoms with Crippen molar-refractivity contribution in [2.24, 2.45) is 0 Å². The Morgan fingerprint density at radius 3 is 3.00 bits per heavy atom. The number of thiazole rings is 1. The molecule has 82 valence electrons. The van der Waals surface area contributed by atoms with Crippen LogP contribution in [-0.4, -0.2) is 11.5 Å². The largest absolute Gasteiger partial charge is 0.358 e. The lowest BCUT2D eigenvalue weighted by molar-refractivity contribution is 0.631. The van der Waals surface area contributed by atoms with Gasteiger partial charge in [0.25, 0.3) is 0 Å². The molecule has 1 aromatic carbocycles. The van der Waals surface area contributed by atoms with Crippen molar-refractivity contribution in [2.75, 3.05) is 11.9 Å². The summed E-state index contributed by atoms with van der Waals surface area (Å²) in [5.41, 5.74) is 1.19. The third kappa shape index (κ3) is 2.28.